The van der Waals surface area contributed by atoms with E-state index in [1.54, 1.807) is 0 Å². The molecule has 1 saturated heterocycles. The Bertz CT molecular complexity index is 495. The SMILES string of the molecule is O=C(NCC(O)CN1CCOCC1)c1cc(Cl)ccc1F. The molecule has 0 bridgehead atoms. The van der Waals surface area contributed by atoms with Crippen LogP contribution in [-0.2, 0) is 4.74 Å². The molecule has 5 nitrogen and oxygen atoms in total. The third-order valence-corrected chi connectivity index (χ3v) is 3.48. The number of β-amino-alcohol motifs (C(OH)–C–C–N with tert-alkyl or cyclic N) is 1. The fourth-order valence-corrected chi connectivity index (χ4v) is 2.30. The molecular formula is C14H18ClFN2O3. The third kappa shape index (κ3) is 4.93. The van der Waals surface area contributed by atoms with E-state index in [1.807, 2.05) is 0 Å². The van der Waals surface area contributed by atoms with E-state index in [0.29, 0.717) is 19.8 Å². The molecule has 0 aliphatic carbocycles. The topological polar surface area (TPSA) is 61.8 Å². The minimum Gasteiger partial charge on any atom is -0.390 e. The predicted molar refractivity (Wildman–Crippen MR) is 77.0 cm³/mol. The summed E-state index contributed by atoms with van der Waals surface area (Å²) in [5.74, 6) is -1.23. The van der Waals surface area contributed by atoms with Crippen molar-refractivity contribution in [3.63, 3.8) is 0 Å². The van der Waals surface area contributed by atoms with Gasteiger partial charge in [0.2, 0.25) is 0 Å². The summed E-state index contributed by atoms with van der Waals surface area (Å²) in [5.41, 5.74) is -0.124. The van der Waals surface area contributed by atoms with E-state index < -0.39 is 17.8 Å². The highest BCUT2D eigenvalue weighted by Crippen LogP contribution is 2.14. The molecule has 0 aromatic heterocycles. The van der Waals surface area contributed by atoms with E-state index in [9.17, 15) is 14.3 Å². The maximum absolute atomic E-state index is 13.5. The van der Waals surface area contributed by atoms with Gasteiger partial charge in [-0.15, -0.1) is 0 Å². The van der Waals surface area contributed by atoms with E-state index in [1.165, 1.54) is 12.1 Å². The molecule has 7 heteroatoms. The van der Waals surface area contributed by atoms with Crippen molar-refractivity contribution in [2.24, 2.45) is 0 Å². The van der Waals surface area contributed by atoms with Crippen LogP contribution < -0.4 is 5.32 Å². The van der Waals surface area contributed by atoms with Crippen LogP contribution in [0.4, 0.5) is 4.39 Å². The number of carbonyl (C=O) groups excluding carboxylic acids is 1. The molecule has 1 aliphatic heterocycles. The molecule has 1 amide bonds. The second kappa shape index (κ2) is 7.70. The Labute approximate surface area is 127 Å². The fraction of sp³-hybridized carbons (Fsp3) is 0.500. The van der Waals surface area contributed by atoms with E-state index >= 15 is 0 Å². The average molecular weight is 317 g/mol. The summed E-state index contributed by atoms with van der Waals surface area (Å²) in [5, 5.41) is 12.7. The smallest absolute Gasteiger partial charge is 0.254 e. The Morgan fingerprint density at radius 3 is 2.90 bits per heavy atom. The average Bonchev–Trinajstić information content (AvgIpc) is 2.48. The molecule has 0 saturated carbocycles. The Balaban J connectivity index is 1.81. The lowest BCUT2D eigenvalue weighted by Crippen LogP contribution is -2.44. The van der Waals surface area contributed by atoms with Crippen molar-refractivity contribution < 1.29 is 19.0 Å². The van der Waals surface area contributed by atoms with Gasteiger partial charge in [-0.1, -0.05) is 11.6 Å². The molecule has 1 heterocycles. The monoisotopic (exact) mass is 316 g/mol. The van der Waals surface area contributed by atoms with Gasteiger partial charge in [0.05, 0.1) is 24.9 Å². The van der Waals surface area contributed by atoms with Crippen molar-refractivity contribution in [2.75, 3.05) is 39.4 Å². The first-order valence-electron chi connectivity index (χ1n) is 6.77. The van der Waals surface area contributed by atoms with Gasteiger partial charge in [-0.3, -0.25) is 9.69 Å². The van der Waals surface area contributed by atoms with Crippen LogP contribution in [0.5, 0.6) is 0 Å². The second-order valence-corrected chi connectivity index (χ2v) is 5.34. The van der Waals surface area contributed by atoms with E-state index in [2.05, 4.69) is 10.2 Å². The summed E-state index contributed by atoms with van der Waals surface area (Å²) >= 11 is 5.74. The van der Waals surface area contributed by atoms with Crippen LogP contribution in [0.2, 0.25) is 5.02 Å². The predicted octanol–water partition coefficient (Wildman–Crippen LogP) is 0.902. The number of ether oxygens (including phenoxy) is 1. The van der Waals surface area contributed by atoms with Crippen molar-refractivity contribution >= 4 is 17.5 Å². The molecule has 1 fully saturated rings. The molecule has 21 heavy (non-hydrogen) atoms. The van der Waals surface area contributed by atoms with Gasteiger partial charge in [0.1, 0.15) is 5.82 Å². The van der Waals surface area contributed by atoms with Gasteiger partial charge >= 0.3 is 0 Å². The van der Waals surface area contributed by atoms with Gasteiger partial charge in [-0.2, -0.15) is 0 Å². The summed E-state index contributed by atoms with van der Waals surface area (Å²) in [7, 11) is 0. The Morgan fingerprint density at radius 1 is 1.48 bits per heavy atom. The van der Waals surface area contributed by atoms with Crippen LogP contribution in [0.3, 0.4) is 0 Å². The van der Waals surface area contributed by atoms with Gasteiger partial charge in [0.15, 0.2) is 0 Å². The first-order chi connectivity index (χ1) is 10.1. The third-order valence-electron chi connectivity index (χ3n) is 3.24. The molecule has 1 aromatic carbocycles. The Kier molecular flexibility index (Phi) is 5.93. The number of halogens is 2. The van der Waals surface area contributed by atoms with E-state index in [4.69, 9.17) is 16.3 Å². The van der Waals surface area contributed by atoms with Gasteiger partial charge in [0, 0.05) is 31.2 Å². The number of benzene rings is 1. The zero-order chi connectivity index (χ0) is 15.2. The molecule has 1 atom stereocenters. The number of carbonyl (C=O) groups is 1. The number of hydrogen-bond donors (Lipinski definition) is 2. The summed E-state index contributed by atoms with van der Waals surface area (Å²) in [4.78, 5) is 13.9. The van der Waals surface area contributed by atoms with Crippen LogP contribution in [-0.4, -0.2) is 61.4 Å². The summed E-state index contributed by atoms with van der Waals surface area (Å²) in [6.45, 7) is 3.31. The molecule has 116 valence electrons. The van der Waals surface area contributed by atoms with Crippen LogP contribution in [0.25, 0.3) is 0 Å². The maximum atomic E-state index is 13.5. The van der Waals surface area contributed by atoms with E-state index in [-0.39, 0.29) is 17.1 Å². The zero-order valence-electron chi connectivity index (χ0n) is 11.5. The van der Waals surface area contributed by atoms with E-state index in [0.717, 1.165) is 19.2 Å². The number of hydrogen-bond acceptors (Lipinski definition) is 4. The van der Waals surface area contributed by atoms with Crippen molar-refractivity contribution in [1.82, 2.24) is 10.2 Å². The van der Waals surface area contributed by atoms with Gasteiger partial charge in [0.25, 0.3) is 5.91 Å². The number of morpholine rings is 1. The normalized spacial score (nSPS) is 17.5. The number of aliphatic hydroxyl groups is 1. The molecule has 1 unspecified atom stereocenters. The van der Waals surface area contributed by atoms with Crippen molar-refractivity contribution in [3.8, 4) is 0 Å². The molecule has 1 aromatic rings. The minimum atomic E-state index is -0.714. The number of nitrogens with zero attached hydrogens (tertiary/aromatic N) is 1. The summed E-state index contributed by atoms with van der Waals surface area (Å²) in [6.07, 6.45) is -0.714. The standard InChI is InChI=1S/C14H18ClFN2O3/c15-10-1-2-13(16)12(7-10)14(20)17-8-11(19)9-18-3-5-21-6-4-18/h1-2,7,11,19H,3-6,8-9H2,(H,17,20). The van der Waals surface area contributed by atoms with Crippen molar-refractivity contribution in [3.05, 3.63) is 34.6 Å². The van der Waals surface area contributed by atoms with Crippen LogP contribution in [0.1, 0.15) is 10.4 Å². The summed E-state index contributed by atoms with van der Waals surface area (Å²) < 4.78 is 18.7. The molecule has 2 rings (SSSR count). The highest BCUT2D eigenvalue weighted by atomic mass is 35.5. The largest absolute Gasteiger partial charge is 0.390 e. The molecular weight excluding hydrogens is 299 g/mol. The van der Waals surface area contributed by atoms with Crippen LogP contribution in [0.15, 0.2) is 18.2 Å². The van der Waals surface area contributed by atoms with Crippen LogP contribution in [0, 0.1) is 5.82 Å². The van der Waals surface area contributed by atoms with Gasteiger partial charge in [-0.05, 0) is 18.2 Å². The van der Waals surface area contributed by atoms with Gasteiger partial charge in [-0.25, -0.2) is 4.39 Å². The molecule has 0 radical (unpaired) electrons. The quantitative estimate of drug-likeness (QED) is 0.847. The Hall–Kier alpha value is -1.21. The fourth-order valence-electron chi connectivity index (χ4n) is 2.12. The van der Waals surface area contributed by atoms with Crippen LogP contribution >= 0.6 is 11.6 Å². The number of nitrogens with one attached hydrogen (secondary N) is 1. The lowest BCUT2D eigenvalue weighted by Gasteiger charge is -2.28. The zero-order valence-corrected chi connectivity index (χ0v) is 12.3. The Morgan fingerprint density at radius 2 is 2.19 bits per heavy atom. The van der Waals surface area contributed by atoms with Gasteiger partial charge < -0.3 is 15.2 Å². The highest BCUT2D eigenvalue weighted by Gasteiger charge is 2.17. The lowest BCUT2D eigenvalue weighted by molar-refractivity contribution is 0.0149. The molecule has 2 N–H and O–H groups in total. The molecule has 1 aliphatic rings. The first kappa shape index (κ1) is 16.2. The lowest BCUT2D eigenvalue weighted by atomic mass is 10.2. The minimum absolute atomic E-state index is 0.0577. The van der Waals surface area contributed by atoms with Crippen molar-refractivity contribution in [2.45, 2.75) is 6.10 Å². The number of aliphatic hydroxyl groups excluding tert-OH is 1. The first-order valence-corrected chi connectivity index (χ1v) is 7.15. The number of amides is 1. The summed E-state index contributed by atoms with van der Waals surface area (Å²) in [6, 6.07) is 3.78. The number of rotatable bonds is 5. The maximum Gasteiger partial charge on any atom is 0.254 e. The highest BCUT2D eigenvalue weighted by molar-refractivity contribution is 6.30. The second-order valence-electron chi connectivity index (χ2n) is 4.90. The molecule has 0 spiro atoms. The van der Waals surface area contributed by atoms with Crippen molar-refractivity contribution in [1.29, 1.82) is 0 Å².